The van der Waals surface area contributed by atoms with E-state index in [1.54, 1.807) is 6.26 Å². The molecule has 0 radical (unpaired) electrons. The molecule has 1 aliphatic heterocycles. The summed E-state index contributed by atoms with van der Waals surface area (Å²) in [4.78, 5) is 0. The fourth-order valence-electron chi connectivity index (χ4n) is 4.25. The van der Waals surface area contributed by atoms with E-state index in [1.807, 2.05) is 63.2 Å². The van der Waals surface area contributed by atoms with Crippen LogP contribution >= 0.6 is 24.2 Å². The van der Waals surface area contributed by atoms with Crippen molar-refractivity contribution in [2.24, 2.45) is 0 Å². The second-order valence-electron chi connectivity index (χ2n) is 8.42. The summed E-state index contributed by atoms with van der Waals surface area (Å²) in [5, 5.41) is 17.5. The van der Waals surface area contributed by atoms with Crippen molar-refractivity contribution in [2.75, 3.05) is 26.6 Å². The fraction of sp³-hybridized carbons (Fsp3) is 0.438. The first-order chi connectivity index (χ1) is 19.1. The first-order valence-corrected chi connectivity index (χ1v) is 14.7. The van der Waals surface area contributed by atoms with Gasteiger partial charge in [-0.1, -0.05) is 80.0 Å². The van der Waals surface area contributed by atoms with E-state index in [4.69, 9.17) is 30.9 Å². The van der Waals surface area contributed by atoms with Crippen LogP contribution in [0.25, 0.3) is 0 Å². The molecule has 7 heteroatoms. The molecule has 1 saturated heterocycles. The van der Waals surface area contributed by atoms with Gasteiger partial charge >= 0.3 is 0 Å². The molecule has 2 N–H and O–H groups in total. The van der Waals surface area contributed by atoms with Crippen LogP contribution in [-0.4, -0.2) is 49.0 Å². The molecular formula is C32H45ClO5S. The predicted octanol–water partition coefficient (Wildman–Crippen LogP) is 7.31. The summed E-state index contributed by atoms with van der Waals surface area (Å²) in [6.45, 7) is 7.17. The van der Waals surface area contributed by atoms with Crippen molar-refractivity contribution in [3.63, 3.8) is 0 Å². The van der Waals surface area contributed by atoms with Crippen LogP contribution in [0.4, 0.5) is 0 Å². The van der Waals surface area contributed by atoms with Gasteiger partial charge in [-0.2, -0.15) is 12.6 Å². The first-order valence-electron chi connectivity index (χ1n) is 13.5. The highest BCUT2D eigenvalue weighted by atomic mass is 35.5. The van der Waals surface area contributed by atoms with Crippen molar-refractivity contribution in [1.29, 1.82) is 0 Å². The predicted molar refractivity (Wildman–Crippen MR) is 165 cm³/mol. The van der Waals surface area contributed by atoms with E-state index in [2.05, 4.69) is 43.0 Å². The van der Waals surface area contributed by atoms with E-state index in [0.29, 0.717) is 19.6 Å². The number of hydrogen-bond acceptors (Lipinski definition) is 6. The third-order valence-corrected chi connectivity index (χ3v) is 6.33. The molecule has 3 aromatic carbocycles. The molecule has 216 valence electrons. The van der Waals surface area contributed by atoms with Gasteiger partial charge in [-0.25, -0.2) is 0 Å². The minimum absolute atomic E-state index is 0.0195. The van der Waals surface area contributed by atoms with Crippen LogP contribution in [0.3, 0.4) is 0 Å². The van der Waals surface area contributed by atoms with E-state index in [0.717, 1.165) is 47.4 Å². The van der Waals surface area contributed by atoms with E-state index < -0.39 is 0 Å². The summed E-state index contributed by atoms with van der Waals surface area (Å²) in [6.07, 6.45) is 3.48. The maximum atomic E-state index is 9.80. The van der Waals surface area contributed by atoms with Gasteiger partial charge < -0.3 is 24.4 Å². The molecule has 5 nitrogen and oxygen atoms in total. The largest absolute Gasteiger partial charge is 0.494 e. The minimum Gasteiger partial charge on any atom is -0.494 e. The zero-order valence-electron chi connectivity index (χ0n) is 23.8. The van der Waals surface area contributed by atoms with E-state index >= 15 is 0 Å². The van der Waals surface area contributed by atoms with Gasteiger partial charge in [0.25, 0.3) is 0 Å². The zero-order valence-corrected chi connectivity index (χ0v) is 25.5. The Kier molecular flexibility index (Phi) is 18.6. The van der Waals surface area contributed by atoms with Crippen LogP contribution in [0.15, 0.2) is 72.8 Å². The van der Waals surface area contributed by atoms with Gasteiger partial charge in [0.1, 0.15) is 5.75 Å². The summed E-state index contributed by atoms with van der Waals surface area (Å²) < 4.78 is 17.9. The maximum Gasteiger partial charge on any atom is 0.119 e. The smallest absolute Gasteiger partial charge is 0.119 e. The molecule has 0 spiro atoms. The number of hydrogen-bond donors (Lipinski definition) is 3. The highest BCUT2D eigenvalue weighted by Gasteiger charge is 2.31. The first kappa shape index (κ1) is 35.0. The van der Waals surface area contributed by atoms with Crippen LogP contribution in [0.2, 0.25) is 5.02 Å². The monoisotopic (exact) mass is 576 g/mol. The molecule has 1 heterocycles. The summed E-state index contributed by atoms with van der Waals surface area (Å²) in [5.74, 6) is 0.869. The Labute approximate surface area is 245 Å². The molecule has 3 atom stereocenters. The average molecular weight is 577 g/mol. The fourth-order valence-corrected chi connectivity index (χ4v) is 4.43. The molecule has 0 bridgehead atoms. The lowest BCUT2D eigenvalue weighted by Gasteiger charge is -2.35. The maximum absolute atomic E-state index is 9.80. The normalized spacial score (nSPS) is 17.8. The van der Waals surface area contributed by atoms with Gasteiger partial charge in [-0.3, -0.25) is 0 Å². The lowest BCUT2D eigenvalue weighted by molar-refractivity contribution is -0.133. The Hall–Kier alpha value is -2.06. The van der Waals surface area contributed by atoms with Crippen LogP contribution in [-0.2, 0) is 22.5 Å². The second kappa shape index (κ2) is 20.8. The van der Waals surface area contributed by atoms with Crippen molar-refractivity contribution >= 4 is 24.2 Å². The SMILES string of the molecule is CC.CCOc1ccc(Cc2cc(C3CC(OCc4ccccc4)CC(CO)O3)ccc2Cl)cc1.CO.CS. The molecule has 0 aliphatic carbocycles. The average Bonchev–Trinajstić information content (AvgIpc) is 3.01. The zero-order chi connectivity index (χ0) is 29.0. The molecular weight excluding hydrogens is 532 g/mol. The van der Waals surface area contributed by atoms with Crippen molar-refractivity contribution in [1.82, 2.24) is 0 Å². The summed E-state index contributed by atoms with van der Waals surface area (Å²) >= 11 is 10.1. The Morgan fingerprint density at radius 1 is 0.923 bits per heavy atom. The molecule has 0 saturated carbocycles. The van der Waals surface area contributed by atoms with Gasteiger partial charge in [0.15, 0.2) is 0 Å². The number of halogens is 1. The van der Waals surface area contributed by atoms with Gasteiger partial charge in [0.05, 0.1) is 38.1 Å². The Morgan fingerprint density at radius 2 is 1.59 bits per heavy atom. The molecule has 0 aromatic heterocycles. The topological polar surface area (TPSA) is 68.2 Å². The summed E-state index contributed by atoms with van der Waals surface area (Å²) in [6, 6.07) is 24.3. The van der Waals surface area contributed by atoms with E-state index in [1.165, 1.54) is 5.56 Å². The van der Waals surface area contributed by atoms with Crippen molar-refractivity contribution in [2.45, 2.75) is 65.0 Å². The Bertz CT molecular complexity index is 1020. The highest BCUT2D eigenvalue weighted by molar-refractivity contribution is 7.79. The third kappa shape index (κ3) is 11.9. The molecule has 1 aliphatic rings. The van der Waals surface area contributed by atoms with Crippen molar-refractivity contribution in [3.05, 3.63) is 100 Å². The van der Waals surface area contributed by atoms with Gasteiger partial charge in [0.2, 0.25) is 0 Å². The number of aliphatic hydroxyl groups excluding tert-OH is 2. The standard InChI is InChI=1S/C28H31ClO4.C2H6.CH4O.CH4S/c1-2-31-24-11-8-20(9-12-24)14-23-15-22(10-13-27(23)29)28-17-25(16-26(18-30)33-28)32-19-21-6-4-3-5-7-21;3*1-2/h3-13,15,25-26,28,30H,2,14,16-19H2,1H3;1-2H3;2*2H,1H3. The number of benzene rings is 3. The van der Waals surface area contributed by atoms with Crippen LogP contribution < -0.4 is 4.74 Å². The van der Waals surface area contributed by atoms with Gasteiger partial charge in [0, 0.05) is 25.0 Å². The van der Waals surface area contributed by atoms with Crippen LogP contribution in [0, 0.1) is 0 Å². The lowest BCUT2D eigenvalue weighted by Crippen LogP contribution is -2.35. The second-order valence-corrected chi connectivity index (χ2v) is 8.83. The number of rotatable bonds is 9. The summed E-state index contributed by atoms with van der Waals surface area (Å²) in [5.41, 5.74) is 4.42. The molecule has 3 unspecified atom stereocenters. The van der Waals surface area contributed by atoms with Gasteiger partial charge in [-0.05, 0) is 60.1 Å². The van der Waals surface area contributed by atoms with E-state index in [9.17, 15) is 5.11 Å². The molecule has 39 heavy (non-hydrogen) atoms. The minimum atomic E-state index is -0.241. The quantitative estimate of drug-likeness (QED) is 0.233. The van der Waals surface area contributed by atoms with E-state index in [-0.39, 0.29) is 24.9 Å². The molecule has 0 amide bonds. The highest BCUT2D eigenvalue weighted by Crippen LogP contribution is 2.35. The Morgan fingerprint density at radius 3 is 2.21 bits per heavy atom. The number of ether oxygens (including phenoxy) is 3. The number of thiol groups is 1. The number of aliphatic hydroxyl groups is 2. The van der Waals surface area contributed by atoms with Crippen LogP contribution in [0.1, 0.15) is 62.0 Å². The molecule has 3 aromatic rings. The Balaban J connectivity index is 0.00000119. The van der Waals surface area contributed by atoms with Crippen molar-refractivity contribution < 1.29 is 24.4 Å². The molecule has 4 rings (SSSR count). The lowest BCUT2D eigenvalue weighted by atomic mass is 9.94. The van der Waals surface area contributed by atoms with Gasteiger partial charge in [-0.15, -0.1) is 0 Å². The van der Waals surface area contributed by atoms with Crippen LogP contribution in [0.5, 0.6) is 5.75 Å². The summed E-state index contributed by atoms with van der Waals surface area (Å²) in [7, 11) is 1.00. The molecule has 1 fully saturated rings. The third-order valence-electron chi connectivity index (χ3n) is 5.96. The van der Waals surface area contributed by atoms with Crippen molar-refractivity contribution in [3.8, 4) is 5.75 Å².